The van der Waals surface area contributed by atoms with Crippen LogP contribution in [-0.4, -0.2) is 23.3 Å². The molecule has 1 aromatic heterocycles. The number of nitrogens with zero attached hydrogens (tertiary/aromatic N) is 2. The van der Waals surface area contributed by atoms with Crippen molar-refractivity contribution < 1.29 is 9.47 Å². The number of hydrogen-bond donors (Lipinski definition) is 0. The van der Waals surface area contributed by atoms with Crippen LogP contribution in [0, 0.1) is 0 Å². The number of benzene rings is 3. The van der Waals surface area contributed by atoms with Gasteiger partial charge < -0.3 is 14.0 Å². The van der Waals surface area contributed by atoms with Gasteiger partial charge in [0.05, 0.1) is 17.6 Å². The van der Waals surface area contributed by atoms with Crippen LogP contribution >= 0.6 is 11.6 Å². The van der Waals surface area contributed by atoms with Crippen LogP contribution in [0.3, 0.4) is 0 Å². The standard InChI is InChI=1S/C21H19ClN2O2/c1-25-11-10-24-20-9-7-17(22)13-19(20)23-21(24)14-26-18-8-6-15-4-2-3-5-16(15)12-18/h2-9,12-13H,10-11,14H2,1H3. The average molecular weight is 367 g/mol. The van der Waals surface area contributed by atoms with Crippen LogP contribution in [-0.2, 0) is 17.9 Å². The summed E-state index contributed by atoms with van der Waals surface area (Å²) in [6.07, 6.45) is 0. The molecule has 5 heteroatoms. The van der Waals surface area contributed by atoms with Gasteiger partial charge in [-0.05, 0) is 41.1 Å². The molecular formula is C21H19ClN2O2. The second-order valence-corrected chi connectivity index (χ2v) is 6.54. The van der Waals surface area contributed by atoms with Gasteiger partial charge in [-0.15, -0.1) is 0 Å². The molecular weight excluding hydrogens is 348 g/mol. The van der Waals surface area contributed by atoms with Crippen molar-refractivity contribution in [3.63, 3.8) is 0 Å². The zero-order valence-corrected chi connectivity index (χ0v) is 15.2. The van der Waals surface area contributed by atoms with E-state index in [1.807, 2.05) is 42.5 Å². The maximum atomic E-state index is 6.11. The number of halogens is 1. The molecule has 4 nitrogen and oxygen atoms in total. The van der Waals surface area contributed by atoms with Crippen LogP contribution in [0.1, 0.15) is 5.82 Å². The second-order valence-electron chi connectivity index (χ2n) is 6.10. The molecule has 0 N–H and O–H groups in total. The SMILES string of the molecule is COCCn1c(COc2ccc3ccccc3c2)nc2cc(Cl)ccc21. The summed E-state index contributed by atoms with van der Waals surface area (Å²) in [5.41, 5.74) is 1.90. The van der Waals surface area contributed by atoms with Gasteiger partial charge in [0.1, 0.15) is 18.2 Å². The minimum Gasteiger partial charge on any atom is -0.486 e. The van der Waals surface area contributed by atoms with Crippen LogP contribution in [0.2, 0.25) is 5.02 Å². The quantitative estimate of drug-likeness (QED) is 0.478. The Kier molecular flexibility index (Phi) is 4.78. The molecule has 0 saturated carbocycles. The van der Waals surface area contributed by atoms with Crippen LogP contribution in [0.25, 0.3) is 21.8 Å². The first kappa shape index (κ1) is 16.9. The van der Waals surface area contributed by atoms with Crippen molar-refractivity contribution in [2.45, 2.75) is 13.2 Å². The third kappa shape index (κ3) is 3.39. The number of imidazole rings is 1. The molecule has 0 atom stereocenters. The van der Waals surface area contributed by atoms with Gasteiger partial charge in [-0.2, -0.15) is 0 Å². The van der Waals surface area contributed by atoms with E-state index in [9.17, 15) is 0 Å². The number of fused-ring (bicyclic) bond motifs is 2. The lowest BCUT2D eigenvalue weighted by atomic mass is 10.1. The molecule has 0 aliphatic rings. The molecule has 26 heavy (non-hydrogen) atoms. The van der Waals surface area contributed by atoms with E-state index in [4.69, 9.17) is 26.1 Å². The van der Waals surface area contributed by atoms with Gasteiger partial charge in [0.25, 0.3) is 0 Å². The fourth-order valence-electron chi connectivity index (χ4n) is 3.10. The van der Waals surface area contributed by atoms with E-state index in [-0.39, 0.29) is 0 Å². The zero-order valence-electron chi connectivity index (χ0n) is 14.5. The van der Waals surface area contributed by atoms with Crippen molar-refractivity contribution in [2.24, 2.45) is 0 Å². The first-order valence-corrected chi connectivity index (χ1v) is 8.87. The van der Waals surface area contributed by atoms with Crippen molar-refractivity contribution in [1.82, 2.24) is 9.55 Å². The molecule has 0 amide bonds. The lowest BCUT2D eigenvalue weighted by Gasteiger charge is -2.10. The predicted molar refractivity (Wildman–Crippen MR) is 105 cm³/mol. The summed E-state index contributed by atoms with van der Waals surface area (Å²) >= 11 is 6.11. The van der Waals surface area contributed by atoms with Crippen LogP contribution < -0.4 is 4.74 Å². The summed E-state index contributed by atoms with van der Waals surface area (Å²) in [5.74, 6) is 1.68. The molecule has 3 aromatic carbocycles. The van der Waals surface area contributed by atoms with Gasteiger partial charge in [-0.25, -0.2) is 4.98 Å². The summed E-state index contributed by atoms with van der Waals surface area (Å²) in [6.45, 7) is 1.70. The largest absolute Gasteiger partial charge is 0.486 e. The Hall–Kier alpha value is -2.56. The number of ether oxygens (including phenoxy) is 2. The fourth-order valence-corrected chi connectivity index (χ4v) is 3.27. The van der Waals surface area contributed by atoms with Crippen molar-refractivity contribution in [2.75, 3.05) is 13.7 Å². The van der Waals surface area contributed by atoms with Gasteiger partial charge in [0, 0.05) is 18.7 Å². The van der Waals surface area contributed by atoms with Gasteiger partial charge in [-0.1, -0.05) is 41.9 Å². The topological polar surface area (TPSA) is 36.3 Å². The summed E-state index contributed by atoms with van der Waals surface area (Å²) in [6, 6.07) is 20.1. The monoisotopic (exact) mass is 366 g/mol. The van der Waals surface area contributed by atoms with Gasteiger partial charge >= 0.3 is 0 Å². The maximum absolute atomic E-state index is 6.11. The molecule has 0 bridgehead atoms. The first-order chi connectivity index (χ1) is 12.7. The molecule has 0 aliphatic carbocycles. The first-order valence-electron chi connectivity index (χ1n) is 8.50. The highest BCUT2D eigenvalue weighted by Gasteiger charge is 2.12. The predicted octanol–water partition coefficient (Wildman–Crippen LogP) is 5.07. The Labute approximate surface area is 156 Å². The van der Waals surface area contributed by atoms with Crippen molar-refractivity contribution >= 4 is 33.4 Å². The van der Waals surface area contributed by atoms with E-state index in [0.717, 1.165) is 28.0 Å². The Morgan fingerprint density at radius 3 is 2.69 bits per heavy atom. The van der Waals surface area contributed by atoms with Gasteiger partial charge in [0.15, 0.2) is 0 Å². The molecule has 4 aromatic rings. The van der Waals surface area contributed by atoms with E-state index in [1.165, 1.54) is 5.39 Å². The Bertz CT molecular complexity index is 1060. The summed E-state index contributed by atoms with van der Waals surface area (Å²) in [4.78, 5) is 4.70. The number of aromatic nitrogens is 2. The minimum absolute atomic E-state index is 0.383. The van der Waals surface area contributed by atoms with E-state index >= 15 is 0 Å². The zero-order chi connectivity index (χ0) is 17.9. The lowest BCUT2D eigenvalue weighted by Crippen LogP contribution is -2.10. The number of hydrogen-bond acceptors (Lipinski definition) is 3. The lowest BCUT2D eigenvalue weighted by molar-refractivity contribution is 0.185. The normalized spacial score (nSPS) is 11.3. The highest BCUT2D eigenvalue weighted by atomic mass is 35.5. The fraction of sp³-hybridized carbons (Fsp3) is 0.190. The Morgan fingerprint density at radius 1 is 1.00 bits per heavy atom. The van der Waals surface area contributed by atoms with Crippen molar-refractivity contribution in [3.8, 4) is 5.75 Å². The van der Waals surface area contributed by atoms with Crippen LogP contribution in [0.5, 0.6) is 5.75 Å². The molecule has 1 heterocycles. The molecule has 4 rings (SSSR count). The van der Waals surface area contributed by atoms with E-state index in [1.54, 1.807) is 7.11 Å². The second kappa shape index (κ2) is 7.36. The van der Waals surface area contributed by atoms with Gasteiger partial charge in [-0.3, -0.25) is 0 Å². The Morgan fingerprint density at radius 2 is 1.85 bits per heavy atom. The molecule has 132 valence electrons. The molecule has 0 aliphatic heterocycles. The number of methoxy groups -OCH3 is 1. The average Bonchev–Trinajstić information content (AvgIpc) is 3.01. The third-order valence-corrected chi connectivity index (χ3v) is 4.63. The molecule has 0 spiro atoms. The van der Waals surface area contributed by atoms with E-state index < -0.39 is 0 Å². The van der Waals surface area contributed by atoms with E-state index in [2.05, 4.69) is 22.8 Å². The molecule has 0 saturated heterocycles. The summed E-state index contributed by atoms with van der Waals surface area (Å²) < 4.78 is 13.4. The number of rotatable bonds is 6. The van der Waals surface area contributed by atoms with Crippen LogP contribution in [0.4, 0.5) is 0 Å². The van der Waals surface area contributed by atoms with Crippen molar-refractivity contribution in [3.05, 3.63) is 71.5 Å². The summed E-state index contributed by atoms with van der Waals surface area (Å²) in [7, 11) is 1.70. The maximum Gasteiger partial charge on any atom is 0.148 e. The minimum atomic E-state index is 0.383. The smallest absolute Gasteiger partial charge is 0.148 e. The van der Waals surface area contributed by atoms with Crippen LogP contribution in [0.15, 0.2) is 60.7 Å². The Balaban J connectivity index is 1.62. The molecule has 0 radical (unpaired) electrons. The third-order valence-electron chi connectivity index (χ3n) is 4.40. The summed E-state index contributed by atoms with van der Waals surface area (Å²) in [5, 5.41) is 3.03. The molecule has 0 fully saturated rings. The highest BCUT2D eigenvalue weighted by Crippen LogP contribution is 2.24. The molecule has 0 unspecified atom stereocenters. The van der Waals surface area contributed by atoms with Gasteiger partial charge in [0.2, 0.25) is 0 Å². The van der Waals surface area contributed by atoms with E-state index in [0.29, 0.717) is 24.8 Å². The van der Waals surface area contributed by atoms with Crippen molar-refractivity contribution in [1.29, 1.82) is 0 Å². The highest BCUT2D eigenvalue weighted by molar-refractivity contribution is 6.31.